The number of piperidine rings is 2. The number of thiophene rings is 1. The van der Waals surface area contributed by atoms with Gasteiger partial charge in [-0.05, 0) is 108 Å². The molecule has 0 aliphatic carbocycles. The molecule has 3 saturated heterocycles. The number of nitrogens with one attached hydrogen (secondary N) is 4. The smallest absolute Gasteiger partial charge is 0.352 e. The number of esters is 2. The van der Waals surface area contributed by atoms with Crippen LogP contribution in [0.3, 0.4) is 0 Å². The van der Waals surface area contributed by atoms with Gasteiger partial charge in [0.15, 0.2) is 17.2 Å². The number of carbonyl (C=O) groups is 7. The molecule has 3 fully saturated rings. The van der Waals surface area contributed by atoms with Crippen molar-refractivity contribution in [2.45, 2.75) is 103 Å². The first kappa shape index (κ1) is 54.6. The van der Waals surface area contributed by atoms with Crippen molar-refractivity contribution in [2.24, 2.45) is 5.92 Å². The van der Waals surface area contributed by atoms with Crippen molar-refractivity contribution in [3.63, 3.8) is 0 Å². The molecule has 4 aliphatic rings. The van der Waals surface area contributed by atoms with Gasteiger partial charge in [0.2, 0.25) is 33.7 Å². The van der Waals surface area contributed by atoms with Gasteiger partial charge in [-0.2, -0.15) is 0 Å². The number of fused-ring (bicyclic) bond motifs is 1. The molecule has 1 aromatic heterocycles. The Kier molecular flexibility index (Phi) is 16.0. The normalized spacial score (nSPS) is 17.7. The van der Waals surface area contributed by atoms with Crippen LogP contribution in [0.4, 0.5) is 21.5 Å². The van der Waals surface area contributed by atoms with Crippen LogP contribution in [0.1, 0.15) is 98.4 Å². The maximum atomic E-state index is 15.1. The predicted octanol–water partition coefficient (Wildman–Crippen LogP) is 6.56. The first-order valence-electron chi connectivity index (χ1n) is 24.4. The molecule has 3 aromatic carbocycles. The number of carbonyl (C=O) groups excluding carboxylic acids is 7. The number of hydrogen-bond donors (Lipinski definition) is 4. The van der Waals surface area contributed by atoms with E-state index in [1.165, 1.54) is 26.2 Å². The Labute approximate surface area is 442 Å². The maximum Gasteiger partial charge on any atom is 0.352 e. The fourth-order valence-corrected chi connectivity index (χ4v) is 12.1. The summed E-state index contributed by atoms with van der Waals surface area (Å²) in [6.07, 6.45) is 1.28. The lowest BCUT2D eigenvalue weighted by molar-refractivity contribution is -0.157. The highest BCUT2D eigenvalue weighted by atomic mass is 35.5. The quantitative estimate of drug-likeness (QED) is 0.0687. The second-order valence-electron chi connectivity index (χ2n) is 20.8. The van der Waals surface area contributed by atoms with Gasteiger partial charge in [0.1, 0.15) is 28.1 Å². The second-order valence-corrected chi connectivity index (χ2v) is 24.2. The third kappa shape index (κ3) is 13.1. The van der Waals surface area contributed by atoms with Crippen molar-refractivity contribution in [3.05, 3.63) is 93.1 Å². The third-order valence-corrected chi connectivity index (χ3v) is 16.3. The van der Waals surface area contributed by atoms with Gasteiger partial charge in [-0.3, -0.25) is 29.3 Å². The molecule has 4 N–H and O–H groups in total. The lowest BCUT2D eigenvalue weighted by Gasteiger charge is -2.38. The molecule has 400 valence electrons. The van der Waals surface area contributed by atoms with E-state index in [4.69, 9.17) is 25.8 Å². The predicted molar refractivity (Wildman–Crippen MR) is 278 cm³/mol. The summed E-state index contributed by atoms with van der Waals surface area (Å²) in [7, 11) is -3.87. The molecule has 0 bridgehead atoms. The monoisotopic (exact) mass is 1090 g/mol. The first-order chi connectivity index (χ1) is 35.3. The summed E-state index contributed by atoms with van der Waals surface area (Å²) in [4.78, 5) is 93.1. The van der Waals surface area contributed by atoms with Gasteiger partial charge in [0.25, 0.3) is 5.91 Å². The van der Waals surface area contributed by atoms with Crippen molar-refractivity contribution in [1.82, 2.24) is 19.4 Å². The number of rotatable bonds is 16. The Hall–Kier alpha value is -6.62. The summed E-state index contributed by atoms with van der Waals surface area (Å²) in [6, 6.07) is 15.2. The SMILES string of the molecule is CC(C)(C)OC(=O)COc1c(C(=O)OC(C)(C)C)sc(-c2cccc(NC3CCN(S(=O)(=O)Cc4ccc(F)c(NC(=O)C5CN(C(=O)CNc6cccc7c6CN(C6CCC(=O)NC6=O)C7=O)C5)c4)CC3)c2)c1Cl. The Morgan fingerprint density at radius 1 is 0.893 bits per heavy atom. The summed E-state index contributed by atoms with van der Waals surface area (Å²) in [5.74, 6) is -5.23. The summed E-state index contributed by atoms with van der Waals surface area (Å²) >= 11 is 7.93. The third-order valence-electron chi connectivity index (χ3n) is 12.7. The minimum Gasteiger partial charge on any atom is -0.479 e. The number of imide groups is 1. The standard InChI is InChI=1S/C52H59ClFN7O12S2/c1-51(2,3)72-42(64)27-71-44-43(53)45(74-46(44)50(68)73-52(4,5)6)30-9-7-10-33(22-30)56-32-17-19-60(20-18-32)75(69,70)28-29-13-14-36(54)38(21-29)57-47(65)31-24-59(25-31)41(63)23-55-37-12-8-11-34-35(37)26-61(49(34)67)39-15-16-40(62)58-48(39)66/h7-14,21-22,31-32,39,55-56H,15-20,23-28H2,1-6H3,(H,57,65)(H,58,62,66). The second kappa shape index (κ2) is 21.9. The molecular formula is C52H59ClFN7O12S2. The lowest BCUT2D eigenvalue weighted by Crippen LogP contribution is -2.55. The molecule has 5 amide bonds. The van der Waals surface area contributed by atoms with Gasteiger partial charge < -0.3 is 40.0 Å². The summed E-state index contributed by atoms with van der Waals surface area (Å²) in [6.45, 7) is 10.4. The fourth-order valence-electron chi connectivity index (χ4n) is 9.11. The molecule has 23 heteroatoms. The minimum atomic E-state index is -3.87. The summed E-state index contributed by atoms with van der Waals surface area (Å²) < 4.78 is 60.7. The van der Waals surface area contributed by atoms with Gasteiger partial charge in [0, 0.05) is 67.7 Å². The summed E-state index contributed by atoms with van der Waals surface area (Å²) in [5.41, 5.74) is 1.46. The Balaban J connectivity index is 0.814. The molecule has 4 aliphatic heterocycles. The number of nitrogens with zero attached hydrogens (tertiary/aromatic N) is 3. The van der Waals surface area contributed by atoms with Crippen molar-refractivity contribution >= 4 is 91.5 Å². The van der Waals surface area contributed by atoms with Gasteiger partial charge in [-0.25, -0.2) is 26.7 Å². The number of amides is 5. The maximum absolute atomic E-state index is 15.1. The van der Waals surface area contributed by atoms with E-state index in [0.29, 0.717) is 40.1 Å². The molecule has 0 radical (unpaired) electrons. The van der Waals surface area contributed by atoms with E-state index >= 15 is 4.39 Å². The Bertz CT molecular complexity index is 3050. The Morgan fingerprint density at radius 3 is 2.29 bits per heavy atom. The number of ether oxygens (including phenoxy) is 3. The molecule has 0 spiro atoms. The van der Waals surface area contributed by atoms with Crippen LogP contribution < -0.4 is 26.0 Å². The van der Waals surface area contributed by atoms with Crippen LogP contribution in [0.25, 0.3) is 10.4 Å². The van der Waals surface area contributed by atoms with Crippen LogP contribution >= 0.6 is 22.9 Å². The van der Waals surface area contributed by atoms with Gasteiger partial charge in [-0.15, -0.1) is 11.3 Å². The zero-order valence-electron chi connectivity index (χ0n) is 42.3. The van der Waals surface area contributed by atoms with Crippen LogP contribution in [0, 0.1) is 11.7 Å². The molecule has 1 atom stereocenters. The first-order valence-corrected chi connectivity index (χ1v) is 27.3. The van der Waals surface area contributed by atoms with Crippen molar-refractivity contribution in [1.29, 1.82) is 0 Å². The van der Waals surface area contributed by atoms with Gasteiger partial charge in [-0.1, -0.05) is 35.9 Å². The lowest BCUT2D eigenvalue weighted by atomic mass is 9.98. The van der Waals surface area contributed by atoms with Gasteiger partial charge in [0.05, 0.1) is 28.8 Å². The van der Waals surface area contributed by atoms with E-state index in [0.717, 1.165) is 23.1 Å². The topological polar surface area (TPSA) is 239 Å². The molecule has 1 unspecified atom stereocenters. The number of halogens is 2. The van der Waals surface area contributed by atoms with Crippen LogP contribution in [-0.2, 0) is 55.8 Å². The van der Waals surface area contributed by atoms with E-state index in [1.54, 1.807) is 59.7 Å². The molecule has 19 nitrogen and oxygen atoms in total. The molecular weight excluding hydrogens is 1030 g/mol. The molecule has 4 aromatic rings. The molecule has 8 rings (SSSR count). The van der Waals surface area contributed by atoms with Crippen LogP contribution in [0.2, 0.25) is 5.02 Å². The van der Waals surface area contributed by atoms with E-state index < -0.39 is 75.1 Å². The zero-order valence-corrected chi connectivity index (χ0v) is 44.7. The van der Waals surface area contributed by atoms with E-state index in [9.17, 15) is 42.0 Å². The van der Waals surface area contributed by atoms with Crippen LogP contribution in [0.5, 0.6) is 5.75 Å². The number of benzene rings is 3. The zero-order chi connectivity index (χ0) is 54.1. The average molecular weight is 1090 g/mol. The van der Waals surface area contributed by atoms with E-state index in [2.05, 4.69) is 21.3 Å². The van der Waals surface area contributed by atoms with Crippen LogP contribution in [0.15, 0.2) is 60.7 Å². The average Bonchev–Trinajstić information content (AvgIpc) is 3.83. The Morgan fingerprint density at radius 2 is 1.60 bits per heavy atom. The molecule has 75 heavy (non-hydrogen) atoms. The van der Waals surface area contributed by atoms with E-state index in [1.807, 2.05) is 24.3 Å². The number of likely N-dealkylation sites (tertiary alicyclic amines) is 1. The highest BCUT2D eigenvalue weighted by molar-refractivity contribution is 7.88. The summed E-state index contributed by atoms with van der Waals surface area (Å²) in [5, 5.41) is 11.5. The number of anilines is 3. The van der Waals surface area contributed by atoms with Gasteiger partial charge >= 0.3 is 11.9 Å². The fraction of sp³-hybridized carbons (Fsp3) is 0.442. The van der Waals surface area contributed by atoms with E-state index in [-0.39, 0.29) is 103 Å². The largest absolute Gasteiger partial charge is 0.479 e. The van der Waals surface area contributed by atoms with Crippen molar-refractivity contribution < 1.29 is 60.6 Å². The molecule has 0 saturated carbocycles. The highest BCUT2D eigenvalue weighted by Crippen LogP contribution is 2.47. The van der Waals surface area contributed by atoms with Crippen molar-refractivity contribution in [2.75, 3.05) is 55.3 Å². The highest BCUT2D eigenvalue weighted by Gasteiger charge is 2.41. The number of sulfonamides is 1. The molecule has 5 heterocycles. The van der Waals surface area contributed by atoms with Crippen molar-refractivity contribution in [3.8, 4) is 16.2 Å². The van der Waals surface area contributed by atoms with Crippen LogP contribution in [-0.4, -0.2) is 127 Å². The number of hydrogen-bond acceptors (Lipinski definition) is 15. The minimum absolute atomic E-state index is 0.00529.